The first-order valence-corrected chi connectivity index (χ1v) is 15.1. The molecule has 4 aromatic heterocycles. The number of anilines is 3. The summed E-state index contributed by atoms with van der Waals surface area (Å²) >= 11 is 6.30. The smallest absolute Gasteiger partial charge is 0.270 e. The molecule has 0 saturated carbocycles. The predicted octanol–water partition coefficient (Wildman–Crippen LogP) is 3.84. The number of likely N-dealkylation sites (N-methyl/N-ethyl adjacent to an activating group) is 1. The highest BCUT2D eigenvalue weighted by atomic mass is 35.5. The van der Waals surface area contributed by atoms with Crippen LogP contribution in [0.15, 0.2) is 59.8 Å². The van der Waals surface area contributed by atoms with Crippen molar-refractivity contribution < 1.29 is 13.6 Å². The summed E-state index contributed by atoms with van der Waals surface area (Å²) < 4.78 is 31.1. The number of rotatable bonds is 2. The molecule has 15 heteroatoms. The summed E-state index contributed by atoms with van der Waals surface area (Å²) in [5, 5.41) is 11.8. The van der Waals surface area contributed by atoms with E-state index in [2.05, 4.69) is 25.7 Å². The lowest BCUT2D eigenvalue weighted by Crippen LogP contribution is -2.45. The summed E-state index contributed by atoms with van der Waals surface area (Å²) in [4.78, 5) is 44.0. The van der Waals surface area contributed by atoms with Crippen LogP contribution in [0.25, 0.3) is 28.0 Å². The second-order valence-electron chi connectivity index (χ2n) is 11.4. The number of amides is 1. The molecule has 236 valence electrons. The van der Waals surface area contributed by atoms with Gasteiger partial charge in [0.05, 0.1) is 17.3 Å². The van der Waals surface area contributed by atoms with Crippen LogP contribution in [0.5, 0.6) is 0 Å². The average Bonchev–Trinajstić information content (AvgIpc) is 3.66. The Labute approximate surface area is 266 Å². The molecule has 2 N–H and O–H groups in total. The molecule has 6 heterocycles. The van der Waals surface area contributed by atoms with Crippen molar-refractivity contribution in [3.63, 3.8) is 0 Å². The van der Waals surface area contributed by atoms with Crippen LogP contribution >= 0.6 is 11.6 Å². The molecule has 1 fully saturated rings. The Balaban J connectivity index is 1.28. The van der Waals surface area contributed by atoms with Gasteiger partial charge in [-0.15, -0.1) is 0 Å². The Morgan fingerprint density at radius 1 is 1.07 bits per heavy atom. The van der Waals surface area contributed by atoms with Crippen molar-refractivity contribution >= 4 is 46.0 Å². The molecular formula is C31H29ClF2N10O2. The molecule has 4 bridgehead atoms. The van der Waals surface area contributed by atoms with Gasteiger partial charge in [0.25, 0.3) is 5.56 Å². The Morgan fingerprint density at radius 3 is 2.74 bits per heavy atom. The molecule has 0 radical (unpaired) electrons. The quantitative estimate of drug-likeness (QED) is 0.294. The third-order valence-electron chi connectivity index (χ3n) is 8.43. The highest BCUT2D eigenvalue weighted by Gasteiger charge is 2.40. The van der Waals surface area contributed by atoms with Gasteiger partial charge in [-0.25, -0.2) is 28.4 Å². The zero-order chi connectivity index (χ0) is 32.1. The van der Waals surface area contributed by atoms with Gasteiger partial charge in [-0.3, -0.25) is 14.2 Å². The van der Waals surface area contributed by atoms with Crippen LogP contribution in [0.1, 0.15) is 12.8 Å². The molecule has 2 atom stereocenters. The summed E-state index contributed by atoms with van der Waals surface area (Å²) in [7, 11) is 3.42. The first-order chi connectivity index (χ1) is 22.2. The molecule has 0 spiro atoms. The van der Waals surface area contributed by atoms with E-state index in [4.69, 9.17) is 16.6 Å². The van der Waals surface area contributed by atoms with E-state index in [1.165, 1.54) is 27.8 Å². The first-order valence-electron chi connectivity index (χ1n) is 14.7. The Bertz CT molecular complexity index is 2050. The molecule has 7 rings (SSSR count). The van der Waals surface area contributed by atoms with Gasteiger partial charge < -0.3 is 20.4 Å². The number of pyridine rings is 2. The number of aromatic nitrogens is 6. The largest absolute Gasteiger partial charge is 0.371 e. The topological polar surface area (TPSA) is 126 Å². The maximum atomic E-state index is 14.7. The summed E-state index contributed by atoms with van der Waals surface area (Å²) in [6.07, 6.45) is 3.94. The van der Waals surface area contributed by atoms with E-state index < -0.39 is 17.7 Å². The van der Waals surface area contributed by atoms with Gasteiger partial charge in [0.2, 0.25) is 5.91 Å². The summed E-state index contributed by atoms with van der Waals surface area (Å²) in [5.41, 5.74) is 1.34. The van der Waals surface area contributed by atoms with E-state index in [1.807, 2.05) is 23.1 Å². The number of halogens is 3. The standard InChI is InChI=1S/C31H29ClF2N10O2/c1-41-10-4-9-35-27-19(13-21(32)30(45)42(27)2)23-5-3-6-26(40-23)39-18-12-25(31(41)46)43(15-18)28-20-14-38-44(29(20)37-16-36-28)24-8-7-17(33)11-22(24)34/h3,5-8,11,13-14,16,18,25,35H,4,9-10,12,15H2,1-2H3,(H,39,40)/t18-,25-/m0/s1. The van der Waals surface area contributed by atoms with Gasteiger partial charge in [0, 0.05) is 51.4 Å². The van der Waals surface area contributed by atoms with Crippen LogP contribution in [0.4, 0.5) is 26.2 Å². The highest BCUT2D eigenvalue weighted by Crippen LogP contribution is 2.34. The lowest BCUT2D eigenvalue weighted by molar-refractivity contribution is -0.131. The zero-order valence-electron chi connectivity index (χ0n) is 24.9. The second-order valence-corrected chi connectivity index (χ2v) is 11.8. The SMILES string of the molecule is CN1CCCNc2c(cc(Cl)c(=O)n2C)-c2cccc(n2)N[C@H]2C[C@@H](C1=O)N(c1ncnc3c1cnn3-c1ccc(F)cc1F)C2. The maximum Gasteiger partial charge on any atom is 0.270 e. The fourth-order valence-corrected chi connectivity index (χ4v) is 6.40. The van der Waals surface area contributed by atoms with Crippen LogP contribution in [-0.2, 0) is 11.8 Å². The minimum absolute atomic E-state index is 0.0401. The second kappa shape index (κ2) is 11.7. The summed E-state index contributed by atoms with van der Waals surface area (Å²) in [5.74, 6) is 0.0730. The van der Waals surface area contributed by atoms with E-state index in [0.717, 1.165) is 12.1 Å². The Hall–Kier alpha value is -5.11. The van der Waals surface area contributed by atoms with Gasteiger partial charge >= 0.3 is 0 Å². The van der Waals surface area contributed by atoms with E-state index in [-0.39, 0.29) is 28.2 Å². The summed E-state index contributed by atoms with van der Waals surface area (Å²) in [6.45, 7) is 1.34. The minimum atomic E-state index is -0.783. The van der Waals surface area contributed by atoms with Crippen molar-refractivity contribution in [2.24, 2.45) is 7.05 Å². The van der Waals surface area contributed by atoms with Gasteiger partial charge in [-0.1, -0.05) is 17.7 Å². The lowest BCUT2D eigenvalue weighted by Gasteiger charge is -2.29. The van der Waals surface area contributed by atoms with Gasteiger partial charge in [-0.05, 0) is 43.2 Å². The molecule has 1 saturated heterocycles. The number of hydrogen-bond donors (Lipinski definition) is 2. The first kappa shape index (κ1) is 29.6. The van der Waals surface area contributed by atoms with Crippen LogP contribution < -0.4 is 21.1 Å². The van der Waals surface area contributed by atoms with Crippen LogP contribution in [0.3, 0.4) is 0 Å². The number of nitrogens with one attached hydrogen (secondary N) is 2. The van der Waals surface area contributed by atoms with Crippen molar-refractivity contribution in [2.75, 3.05) is 42.2 Å². The maximum absolute atomic E-state index is 14.7. The number of carbonyl (C=O) groups excluding carboxylic acids is 1. The number of nitrogens with zero attached hydrogens (tertiary/aromatic N) is 8. The van der Waals surface area contributed by atoms with Crippen molar-refractivity contribution in [1.82, 2.24) is 34.2 Å². The van der Waals surface area contributed by atoms with Crippen LogP contribution in [-0.4, -0.2) is 78.9 Å². The molecule has 5 aromatic rings. The van der Waals surface area contributed by atoms with Crippen molar-refractivity contribution in [2.45, 2.75) is 24.9 Å². The molecule has 0 unspecified atom stereocenters. The number of fused-ring (bicyclic) bond motifs is 7. The molecule has 1 amide bonds. The number of benzene rings is 1. The molecule has 46 heavy (non-hydrogen) atoms. The van der Waals surface area contributed by atoms with Crippen molar-refractivity contribution in [1.29, 1.82) is 0 Å². The molecule has 0 aliphatic carbocycles. The molecule has 1 aromatic carbocycles. The van der Waals surface area contributed by atoms with Crippen LogP contribution in [0, 0.1) is 11.6 Å². The highest BCUT2D eigenvalue weighted by molar-refractivity contribution is 6.30. The number of hydrogen-bond acceptors (Lipinski definition) is 9. The Morgan fingerprint density at radius 2 is 1.91 bits per heavy atom. The van der Waals surface area contributed by atoms with E-state index in [0.29, 0.717) is 72.2 Å². The van der Waals surface area contributed by atoms with Gasteiger partial charge in [0.1, 0.15) is 46.3 Å². The molecule has 2 aliphatic rings. The van der Waals surface area contributed by atoms with E-state index in [9.17, 15) is 18.4 Å². The minimum Gasteiger partial charge on any atom is -0.371 e. The normalized spacial score (nSPS) is 18.5. The fraction of sp³-hybridized carbons (Fsp3) is 0.290. The molecular weight excluding hydrogens is 618 g/mol. The fourth-order valence-electron chi connectivity index (χ4n) is 6.17. The molecule has 12 nitrogen and oxygen atoms in total. The van der Waals surface area contributed by atoms with Gasteiger partial charge in [-0.2, -0.15) is 5.10 Å². The predicted molar refractivity (Wildman–Crippen MR) is 170 cm³/mol. The van der Waals surface area contributed by atoms with Crippen molar-refractivity contribution in [3.8, 4) is 16.9 Å². The average molecular weight is 647 g/mol. The van der Waals surface area contributed by atoms with E-state index in [1.54, 1.807) is 25.1 Å². The Kier molecular flexibility index (Phi) is 7.51. The van der Waals surface area contributed by atoms with Gasteiger partial charge in [0.15, 0.2) is 11.5 Å². The molecule has 2 aliphatic heterocycles. The van der Waals surface area contributed by atoms with Crippen LogP contribution in [0.2, 0.25) is 5.02 Å². The lowest BCUT2D eigenvalue weighted by atomic mass is 10.1. The third-order valence-corrected chi connectivity index (χ3v) is 8.70. The summed E-state index contributed by atoms with van der Waals surface area (Å²) in [6, 6.07) is 9.64. The zero-order valence-corrected chi connectivity index (χ0v) is 25.7. The number of carbonyl (C=O) groups is 1. The van der Waals surface area contributed by atoms with E-state index >= 15 is 0 Å². The monoisotopic (exact) mass is 646 g/mol. The van der Waals surface area contributed by atoms with Crippen molar-refractivity contribution in [3.05, 3.63) is 82.0 Å². The third kappa shape index (κ3) is 5.17.